The first-order chi connectivity index (χ1) is 9.44. The van der Waals surface area contributed by atoms with E-state index < -0.39 is 16.7 Å². The highest BCUT2D eigenvalue weighted by atomic mass is 79.9. The Bertz CT molecular complexity index is 726. The summed E-state index contributed by atoms with van der Waals surface area (Å²) < 4.78 is 40.2. The van der Waals surface area contributed by atoms with Gasteiger partial charge in [-0.25, -0.2) is 17.8 Å². The number of pyridine rings is 1. The van der Waals surface area contributed by atoms with Gasteiger partial charge < -0.3 is 0 Å². The predicted molar refractivity (Wildman–Crippen MR) is 79.0 cm³/mol. The van der Waals surface area contributed by atoms with Gasteiger partial charge in [-0.1, -0.05) is 17.7 Å². The quantitative estimate of drug-likeness (QED) is 0.880. The third-order valence-corrected chi connectivity index (χ3v) is 5.07. The molecule has 0 bridgehead atoms. The first-order valence-electron chi connectivity index (χ1n) is 5.42. The van der Waals surface area contributed by atoms with Gasteiger partial charge >= 0.3 is 0 Å². The summed E-state index contributed by atoms with van der Waals surface area (Å²) >= 11 is 8.96. The molecule has 0 amide bonds. The minimum absolute atomic E-state index is 0.0124. The van der Waals surface area contributed by atoms with E-state index in [0.29, 0.717) is 4.47 Å². The number of hydrogen-bond acceptors (Lipinski definition) is 3. The molecule has 0 radical (unpaired) electrons. The number of rotatable bonds is 4. The van der Waals surface area contributed by atoms with Gasteiger partial charge in [-0.3, -0.25) is 4.72 Å². The zero-order chi connectivity index (χ0) is 14.8. The normalized spacial score (nSPS) is 11.3. The Labute approximate surface area is 129 Å². The van der Waals surface area contributed by atoms with Crippen LogP contribution in [0.3, 0.4) is 0 Å². The molecule has 0 atom stereocenters. The smallest absolute Gasteiger partial charge is 0.263 e. The van der Waals surface area contributed by atoms with E-state index in [1.165, 1.54) is 24.4 Å². The summed E-state index contributed by atoms with van der Waals surface area (Å²) in [6.45, 7) is -0.939. The molecule has 0 fully saturated rings. The molecule has 1 N–H and O–H groups in total. The van der Waals surface area contributed by atoms with Crippen molar-refractivity contribution in [3.05, 3.63) is 51.6 Å². The average molecular weight is 380 g/mol. The second-order valence-corrected chi connectivity index (χ2v) is 6.74. The summed E-state index contributed by atoms with van der Waals surface area (Å²) in [4.78, 5) is 3.68. The van der Waals surface area contributed by atoms with Crippen LogP contribution < -0.4 is 4.72 Å². The van der Waals surface area contributed by atoms with Crippen molar-refractivity contribution in [2.24, 2.45) is 0 Å². The van der Waals surface area contributed by atoms with Crippen molar-refractivity contribution < 1.29 is 12.8 Å². The summed E-state index contributed by atoms with van der Waals surface area (Å²) in [6.07, 6.45) is 1.45. The molecule has 1 aromatic carbocycles. The number of benzene rings is 1. The number of anilines is 1. The van der Waals surface area contributed by atoms with Crippen LogP contribution in [-0.4, -0.2) is 13.4 Å². The van der Waals surface area contributed by atoms with Crippen molar-refractivity contribution in [2.45, 2.75) is 11.6 Å². The summed E-state index contributed by atoms with van der Waals surface area (Å²) in [5.41, 5.74) is -0.0124. The van der Waals surface area contributed by atoms with Crippen molar-refractivity contribution in [1.29, 1.82) is 0 Å². The van der Waals surface area contributed by atoms with Gasteiger partial charge in [0.1, 0.15) is 12.5 Å². The van der Waals surface area contributed by atoms with Crippen LogP contribution in [0.15, 0.2) is 45.9 Å². The number of halogens is 3. The lowest BCUT2D eigenvalue weighted by Crippen LogP contribution is -2.15. The lowest BCUT2D eigenvalue weighted by atomic mass is 10.2. The van der Waals surface area contributed by atoms with Crippen LogP contribution in [0, 0.1) is 0 Å². The molecule has 0 aliphatic rings. The molecular weight excluding hydrogens is 371 g/mol. The van der Waals surface area contributed by atoms with Gasteiger partial charge in [0.05, 0.1) is 9.92 Å². The maximum Gasteiger partial charge on any atom is 0.263 e. The van der Waals surface area contributed by atoms with Crippen molar-refractivity contribution in [1.82, 2.24) is 4.98 Å². The Morgan fingerprint density at radius 2 is 2.10 bits per heavy atom. The number of nitrogens with zero attached hydrogens (tertiary/aromatic N) is 1. The van der Waals surface area contributed by atoms with Crippen LogP contribution in [0.2, 0.25) is 5.02 Å². The van der Waals surface area contributed by atoms with E-state index in [1.54, 1.807) is 12.1 Å². The minimum Gasteiger partial charge on any atom is -0.263 e. The molecule has 0 saturated heterocycles. The Hall–Kier alpha value is -1.18. The Balaban J connectivity index is 2.47. The molecule has 0 aliphatic carbocycles. The Morgan fingerprint density at radius 1 is 1.35 bits per heavy atom. The van der Waals surface area contributed by atoms with E-state index in [1.807, 2.05) is 0 Å². The third kappa shape index (κ3) is 3.28. The van der Waals surface area contributed by atoms with Gasteiger partial charge in [0.2, 0.25) is 0 Å². The molecular formula is C12H9BrClFN2O2S. The van der Waals surface area contributed by atoms with Crippen LogP contribution in [0.4, 0.5) is 10.2 Å². The lowest BCUT2D eigenvalue weighted by molar-refractivity contribution is 0.478. The van der Waals surface area contributed by atoms with E-state index in [0.717, 1.165) is 0 Å². The molecule has 106 valence electrons. The summed E-state index contributed by atoms with van der Waals surface area (Å²) in [7, 11) is -3.94. The molecule has 0 unspecified atom stereocenters. The zero-order valence-electron chi connectivity index (χ0n) is 9.98. The van der Waals surface area contributed by atoms with Crippen LogP contribution in [-0.2, 0) is 16.7 Å². The van der Waals surface area contributed by atoms with E-state index in [2.05, 4.69) is 25.6 Å². The van der Waals surface area contributed by atoms with Crippen LogP contribution in [0.5, 0.6) is 0 Å². The van der Waals surface area contributed by atoms with Crippen LogP contribution in [0.1, 0.15) is 5.56 Å². The van der Waals surface area contributed by atoms with Crippen molar-refractivity contribution in [3.63, 3.8) is 0 Å². The minimum atomic E-state index is -3.94. The standard InChI is InChI=1S/C12H9BrClFN2O2S/c13-9-6-11(8(7-15)5-10(9)14)20(18,19)17-12-3-1-2-4-16-12/h1-6H,7H2,(H,16,17). The van der Waals surface area contributed by atoms with E-state index in [9.17, 15) is 12.8 Å². The fraction of sp³-hybridized carbons (Fsp3) is 0.0833. The van der Waals surface area contributed by atoms with Gasteiger partial charge in [-0.2, -0.15) is 0 Å². The summed E-state index contributed by atoms with van der Waals surface area (Å²) in [5, 5.41) is 0.245. The molecule has 4 nitrogen and oxygen atoms in total. The van der Waals surface area contributed by atoms with Crippen molar-refractivity contribution in [3.8, 4) is 0 Å². The second kappa shape index (κ2) is 6.07. The largest absolute Gasteiger partial charge is 0.263 e. The zero-order valence-corrected chi connectivity index (χ0v) is 13.1. The van der Waals surface area contributed by atoms with Crippen molar-refractivity contribution in [2.75, 3.05) is 4.72 Å². The third-order valence-electron chi connectivity index (χ3n) is 2.44. The monoisotopic (exact) mass is 378 g/mol. The van der Waals surface area contributed by atoms with Gasteiger partial charge in [-0.15, -0.1) is 0 Å². The molecule has 1 aromatic heterocycles. The van der Waals surface area contributed by atoms with Gasteiger partial charge in [-0.05, 0) is 40.2 Å². The maximum absolute atomic E-state index is 13.0. The molecule has 0 aliphatic heterocycles. The van der Waals surface area contributed by atoms with Gasteiger partial charge in [0.15, 0.2) is 0 Å². The lowest BCUT2D eigenvalue weighted by Gasteiger charge is -2.11. The second-order valence-electron chi connectivity index (χ2n) is 3.83. The molecule has 2 aromatic rings. The predicted octanol–water partition coefficient (Wildman–Crippen LogP) is 3.77. The highest BCUT2D eigenvalue weighted by Gasteiger charge is 2.21. The summed E-state index contributed by atoms with van der Waals surface area (Å²) in [5.74, 6) is 0.156. The number of hydrogen-bond donors (Lipinski definition) is 1. The first-order valence-corrected chi connectivity index (χ1v) is 8.07. The molecule has 1 heterocycles. The van der Waals surface area contributed by atoms with E-state index in [-0.39, 0.29) is 21.3 Å². The SMILES string of the molecule is O=S(=O)(Nc1ccccn1)c1cc(Br)c(Cl)cc1CF. The Kier molecular flexibility index (Phi) is 4.62. The van der Waals surface area contributed by atoms with Gasteiger partial charge in [0.25, 0.3) is 10.0 Å². The van der Waals surface area contributed by atoms with Crippen LogP contribution in [0.25, 0.3) is 0 Å². The number of aromatic nitrogens is 1. The number of nitrogens with one attached hydrogen (secondary N) is 1. The molecule has 8 heteroatoms. The molecule has 0 spiro atoms. The van der Waals surface area contributed by atoms with E-state index in [4.69, 9.17) is 11.6 Å². The van der Waals surface area contributed by atoms with E-state index >= 15 is 0 Å². The number of alkyl halides is 1. The van der Waals surface area contributed by atoms with Crippen molar-refractivity contribution >= 4 is 43.4 Å². The molecule has 20 heavy (non-hydrogen) atoms. The topological polar surface area (TPSA) is 59.1 Å². The Morgan fingerprint density at radius 3 is 2.70 bits per heavy atom. The first kappa shape index (κ1) is 15.2. The fourth-order valence-electron chi connectivity index (χ4n) is 1.54. The molecule has 0 saturated carbocycles. The van der Waals surface area contributed by atoms with Crippen LogP contribution >= 0.6 is 27.5 Å². The maximum atomic E-state index is 13.0. The number of sulfonamides is 1. The highest BCUT2D eigenvalue weighted by Crippen LogP contribution is 2.30. The molecule has 2 rings (SSSR count). The highest BCUT2D eigenvalue weighted by molar-refractivity contribution is 9.10. The summed E-state index contributed by atoms with van der Waals surface area (Å²) in [6, 6.07) is 7.33. The average Bonchev–Trinajstić information content (AvgIpc) is 2.42. The fourth-order valence-corrected chi connectivity index (χ4v) is 3.46. The van der Waals surface area contributed by atoms with Gasteiger partial charge in [0, 0.05) is 16.2 Å².